The summed E-state index contributed by atoms with van der Waals surface area (Å²) in [4.78, 5) is 10.7. The van der Waals surface area contributed by atoms with Gasteiger partial charge < -0.3 is 0 Å². The maximum atomic E-state index is 10.7. The summed E-state index contributed by atoms with van der Waals surface area (Å²) < 4.78 is 0. The molecule has 0 spiro atoms. The molecule has 2 bridgehead atoms. The molecule has 0 aromatic rings. The van der Waals surface area contributed by atoms with Crippen LogP contribution in [0.5, 0.6) is 0 Å². The lowest BCUT2D eigenvalue weighted by Crippen LogP contribution is -2.39. The van der Waals surface area contributed by atoms with E-state index in [0.29, 0.717) is 6.54 Å². The Hall–Kier alpha value is -0.660. The zero-order valence-electron chi connectivity index (χ0n) is 10.8. The second-order valence-corrected chi connectivity index (χ2v) is 6.81. The van der Waals surface area contributed by atoms with Gasteiger partial charge in [0.05, 0.1) is 6.54 Å². The van der Waals surface area contributed by atoms with Gasteiger partial charge in [0.1, 0.15) is 0 Å². The van der Waals surface area contributed by atoms with E-state index in [1.165, 1.54) is 44.9 Å². The van der Waals surface area contributed by atoms with E-state index in [-0.39, 0.29) is 5.41 Å². The lowest BCUT2D eigenvalue weighted by molar-refractivity contribution is 0.0581. The van der Waals surface area contributed by atoms with Crippen molar-refractivity contribution in [2.24, 2.45) is 28.3 Å². The normalized spacial score (nSPS) is 44.8. The monoisotopic (exact) mass is 233 g/mol. The van der Waals surface area contributed by atoms with Gasteiger partial charge in [-0.2, -0.15) is 4.91 Å². The molecule has 3 aliphatic carbocycles. The molecule has 0 saturated heterocycles. The minimum atomic E-state index is 0.190. The zero-order chi connectivity index (χ0) is 11.9. The highest BCUT2D eigenvalue weighted by Gasteiger charge is 2.45. The standard InChI is InChI=1S/C15H23NO/c1-15(10-16-17)6-2-3-13-8-11-4-5-12(7-11)9-14(13)15/h5,11,13-14H,2-4,6-10H2,1H3. The van der Waals surface area contributed by atoms with Gasteiger partial charge in [0.2, 0.25) is 0 Å². The van der Waals surface area contributed by atoms with Gasteiger partial charge in [-0.25, -0.2) is 0 Å². The van der Waals surface area contributed by atoms with Crippen molar-refractivity contribution in [3.63, 3.8) is 0 Å². The van der Waals surface area contributed by atoms with Crippen molar-refractivity contribution in [1.82, 2.24) is 0 Å². The van der Waals surface area contributed by atoms with Crippen molar-refractivity contribution in [1.29, 1.82) is 0 Å². The number of hydrogen-bond acceptors (Lipinski definition) is 2. The molecular formula is C15H23NO. The van der Waals surface area contributed by atoms with Crippen molar-refractivity contribution in [2.45, 2.75) is 51.9 Å². The van der Waals surface area contributed by atoms with Crippen LogP contribution >= 0.6 is 0 Å². The Morgan fingerprint density at radius 2 is 2.35 bits per heavy atom. The second-order valence-electron chi connectivity index (χ2n) is 6.81. The van der Waals surface area contributed by atoms with Gasteiger partial charge in [0.15, 0.2) is 0 Å². The topological polar surface area (TPSA) is 29.4 Å². The number of nitroso groups, excluding NO2 is 1. The van der Waals surface area contributed by atoms with E-state index >= 15 is 0 Å². The number of allylic oxidation sites excluding steroid dienone is 2. The predicted octanol–water partition coefficient (Wildman–Crippen LogP) is 4.31. The summed E-state index contributed by atoms with van der Waals surface area (Å²) in [6.07, 6.45) is 11.7. The van der Waals surface area contributed by atoms with E-state index < -0.39 is 0 Å². The summed E-state index contributed by atoms with van der Waals surface area (Å²) in [7, 11) is 0. The fourth-order valence-electron chi connectivity index (χ4n) is 4.69. The van der Waals surface area contributed by atoms with E-state index in [1.807, 2.05) is 0 Å². The van der Waals surface area contributed by atoms with E-state index in [1.54, 1.807) is 5.57 Å². The molecule has 2 heteroatoms. The summed E-state index contributed by atoms with van der Waals surface area (Å²) in [5.74, 6) is 2.52. The van der Waals surface area contributed by atoms with Crippen LogP contribution < -0.4 is 0 Å². The fraction of sp³-hybridized carbons (Fsp3) is 0.867. The van der Waals surface area contributed by atoms with Gasteiger partial charge in [-0.05, 0) is 55.3 Å². The van der Waals surface area contributed by atoms with Crippen LogP contribution in [0.15, 0.2) is 16.8 Å². The Morgan fingerprint density at radius 3 is 3.18 bits per heavy atom. The van der Waals surface area contributed by atoms with Crippen LogP contribution in [0.4, 0.5) is 0 Å². The van der Waals surface area contributed by atoms with E-state index in [9.17, 15) is 4.91 Å². The largest absolute Gasteiger partial charge is 0.151 e. The third-order valence-electron chi connectivity index (χ3n) is 5.62. The van der Waals surface area contributed by atoms with Crippen LogP contribution in [0.3, 0.4) is 0 Å². The van der Waals surface area contributed by atoms with E-state index in [0.717, 1.165) is 17.8 Å². The van der Waals surface area contributed by atoms with Crippen LogP contribution in [0.25, 0.3) is 0 Å². The molecule has 0 aromatic heterocycles. The van der Waals surface area contributed by atoms with Crippen LogP contribution in [0.1, 0.15) is 51.9 Å². The van der Waals surface area contributed by atoms with Gasteiger partial charge in [-0.15, -0.1) is 0 Å². The highest BCUT2D eigenvalue weighted by atomic mass is 16.3. The van der Waals surface area contributed by atoms with Crippen LogP contribution in [-0.4, -0.2) is 6.54 Å². The smallest absolute Gasteiger partial charge is 0.0867 e. The summed E-state index contributed by atoms with van der Waals surface area (Å²) in [5, 5.41) is 3.25. The molecule has 3 rings (SSSR count). The average Bonchev–Trinajstić information content (AvgIpc) is 2.60. The molecule has 0 amide bonds. The van der Waals surface area contributed by atoms with Gasteiger partial charge in [-0.1, -0.05) is 36.6 Å². The van der Waals surface area contributed by atoms with Crippen molar-refractivity contribution in [3.8, 4) is 0 Å². The molecule has 3 aliphatic rings. The molecule has 4 atom stereocenters. The molecule has 2 fully saturated rings. The molecular weight excluding hydrogens is 210 g/mol. The molecule has 0 radical (unpaired) electrons. The van der Waals surface area contributed by atoms with Crippen LogP contribution in [-0.2, 0) is 0 Å². The van der Waals surface area contributed by atoms with Crippen molar-refractivity contribution in [3.05, 3.63) is 16.6 Å². The maximum absolute atomic E-state index is 10.7. The van der Waals surface area contributed by atoms with Crippen molar-refractivity contribution < 1.29 is 0 Å². The Morgan fingerprint density at radius 1 is 1.47 bits per heavy atom. The highest BCUT2D eigenvalue weighted by molar-refractivity contribution is 5.15. The van der Waals surface area contributed by atoms with E-state index in [2.05, 4.69) is 18.2 Å². The first-order valence-corrected chi connectivity index (χ1v) is 7.18. The van der Waals surface area contributed by atoms with Crippen molar-refractivity contribution >= 4 is 0 Å². The molecule has 0 aromatic carbocycles. The Kier molecular flexibility index (Phi) is 2.84. The maximum Gasteiger partial charge on any atom is 0.0867 e. The minimum Gasteiger partial charge on any atom is -0.151 e. The number of rotatable bonds is 2. The predicted molar refractivity (Wildman–Crippen MR) is 69.6 cm³/mol. The first-order valence-electron chi connectivity index (χ1n) is 7.18. The van der Waals surface area contributed by atoms with Gasteiger partial charge in [0.25, 0.3) is 0 Å². The quantitative estimate of drug-likeness (QED) is 0.516. The summed E-state index contributed by atoms with van der Waals surface area (Å²) in [6, 6.07) is 0. The zero-order valence-corrected chi connectivity index (χ0v) is 10.8. The molecule has 17 heavy (non-hydrogen) atoms. The van der Waals surface area contributed by atoms with Crippen molar-refractivity contribution in [2.75, 3.05) is 6.54 Å². The third-order valence-corrected chi connectivity index (χ3v) is 5.62. The Balaban J connectivity index is 1.86. The van der Waals surface area contributed by atoms with Gasteiger partial charge in [0, 0.05) is 0 Å². The summed E-state index contributed by atoms with van der Waals surface area (Å²) in [5.41, 5.74) is 1.87. The third kappa shape index (κ3) is 1.96. The number of nitrogens with zero attached hydrogens (tertiary/aromatic N) is 1. The molecule has 94 valence electrons. The molecule has 2 nitrogen and oxygen atoms in total. The second kappa shape index (κ2) is 4.22. The van der Waals surface area contributed by atoms with Crippen LogP contribution in [0, 0.1) is 28.1 Å². The highest BCUT2D eigenvalue weighted by Crippen LogP contribution is 2.53. The Labute approximate surface area is 104 Å². The lowest BCUT2D eigenvalue weighted by Gasteiger charge is -2.45. The SMILES string of the molecule is CC1(CN=O)CCCC2CC3CC=C(C3)CC21. The van der Waals surface area contributed by atoms with Crippen LogP contribution in [0.2, 0.25) is 0 Å². The number of fused-ring (bicyclic) bond motifs is 3. The molecule has 0 heterocycles. The molecule has 4 unspecified atom stereocenters. The van der Waals surface area contributed by atoms with E-state index in [4.69, 9.17) is 0 Å². The first-order chi connectivity index (χ1) is 8.21. The average molecular weight is 233 g/mol. The molecule has 0 aliphatic heterocycles. The molecule has 2 saturated carbocycles. The van der Waals surface area contributed by atoms with Gasteiger partial charge >= 0.3 is 0 Å². The molecule has 0 N–H and O–H groups in total. The fourth-order valence-corrected chi connectivity index (χ4v) is 4.69. The number of hydrogen-bond donors (Lipinski definition) is 0. The minimum absolute atomic E-state index is 0.190. The summed E-state index contributed by atoms with van der Waals surface area (Å²) >= 11 is 0. The lowest BCUT2D eigenvalue weighted by atomic mass is 9.60. The summed E-state index contributed by atoms with van der Waals surface area (Å²) in [6.45, 7) is 2.84. The van der Waals surface area contributed by atoms with Gasteiger partial charge in [-0.3, -0.25) is 0 Å². The Bertz CT molecular complexity index is 349. The first kappa shape index (κ1) is 11.4.